The Labute approximate surface area is 191 Å². The molecule has 1 amide bonds. The van der Waals surface area contributed by atoms with Gasteiger partial charge >= 0.3 is 0 Å². The lowest BCUT2D eigenvalue weighted by Gasteiger charge is -2.27. The van der Waals surface area contributed by atoms with Gasteiger partial charge in [0.1, 0.15) is 17.1 Å². The van der Waals surface area contributed by atoms with E-state index < -0.39 is 0 Å². The van der Waals surface area contributed by atoms with Gasteiger partial charge in [-0.05, 0) is 49.2 Å². The zero-order valence-corrected chi connectivity index (χ0v) is 19.1. The number of ether oxygens (including phenoxy) is 2. The average Bonchev–Trinajstić information content (AvgIpc) is 3.33. The number of carbonyl (C=O) groups excluding carboxylic acids is 1. The number of H-pyrrole nitrogens is 1. The standard InChI is InChI=1S/C24H26ClN3O4/c1-4-6-11-28-23(14-7-10-18(32-5-2)19(12-14)31-3)20-21(26-27-22(20)24(28)30)16-13-15(25)8-9-17(16)29/h7-10,12-13,23,29H,4-6,11H2,1-3H3,(H,26,27). The van der Waals surface area contributed by atoms with Crippen LogP contribution >= 0.6 is 11.6 Å². The number of aromatic nitrogens is 2. The first-order chi connectivity index (χ1) is 15.5. The Hall–Kier alpha value is -3.19. The van der Waals surface area contributed by atoms with Crippen LogP contribution in [0.4, 0.5) is 0 Å². The fraction of sp³-hybridized carbons (Fsp3) is 0.333. The highest BCUT2D eigenvalue weighted by atomic mass is 35.5. The van der Waals surface area contributed by atoms with E-state index in [0.717, 1.165) is 24.0 Å². The smallest absolute Gasteiger partial charge is 0.273 e. The van der Waals surface area contributed by atoms with E-state index >= 15 is 0 Å². The minimum atomic E-state index is -0.388. The molecule has 2 N–H and O–H groups in total. The molecule has 1 atom stereocenters. The van der Waals surface area contributed by atoms with E-state index in [1.807, 2.05) is 30.0 Å². The molecule has 3 aromatic rings. The first-order valence-corrected chi connectivity index (χ1v) is 11.1. The Morgan fingerprint density at radius 3 is 2.72 bits per heavy atom. The SMILES string of the molecule is CCCCN1C(=O)c2[nH]nc(-c3cc(Cl)ccc3O)c2C1c1ccc(OCC)c(OC)c1. The summed E-state index contributed by atoms with van der Waals surface area (Å²) in [5.74, 6) is 1.16. The molecule has 0 aliphatic carbocycles. The predicted molar refractivity (Wildman–Crippen MR) is 123 cm³/mol. The Bertz CT molecular complexity index is 1140. The molecule has 168 valence electrons. The van der Waals surface area contributed by atoms with E-state index in [4.69, 9.17) is 21.1 Å². The number of rotatable bonds is 8. The second-order valence-corrected chi connectivity index (χ2v) is 8.06. The summed E-state index contributed by atoms with van der Waals surface area (Å²) in [6.07, 6.45) is 1.82. The number of amides is 1. The van der Waals surface area contributed by atoms with Gasteiger partial charge in [-0.3, -0.25) is 9.89 Å². The van der Waals surface area contributed by atoms with Crippen molar-refractivity contribution in [3.05, 3.63) is 58.2 Å². The number of unbranched alkanes of at least 4 members (excludes halogenated alkanes) is 1. The minimum absolute atomic E-state index is 0.0474. The van der Waals surface area contributed by atoms with Crippen molar-refractivity contribution in [2.45, 2.75) is 32.7 Å². The molecule has 2 heterocycles. The van der Waals surface area contributed by atoms with Gasteiger partial charge in [0.15, 0.2) is 11.5 Å². The van der Waals surface area contributed by atoms with Crippen LogP contribution in [0.2, 0.25) is 5.02 Å². The Balaban J connectivity index is 1.88. The number of nitrogens with zero attached hydrogens (tertiary/aromatic N) is 2. The van der Waals surface area contributed by atoms with Gasteiger partial charge in [-0.1, -0.05) is 31.0 Å². The lowest BCUT2D eigenvalue weighted by molar-refractivity contribution is 0.0741. The number of aromatic amines is 1. The summed E-state index contributed by atoms with van der Waals surface area (Å²) in [6, 6.07) is 10.1. The van der Waals surface area contributed by atoms with E-state index in [0.29, 0.717) is 46.6 Å². The number of halogens is 1. The van der Waals surface area contributed by atoms with Crippen LogP contribution in [0.1, 0.15) is 54.3 Å². The summed E-state index contributed by atoms with van der Waals surface area (Å²) in [7, 11) is 1.59. The molecular formula is C24H26ClN3O4. The van der Waals surface area contributed by atoms with Crippen molar-refractivity contribution < 1.29 is 19.4 Å². The van der Waals surface area contributed by atoms with Crippen molar-refractivity contribution in [1.82, 2.24) is 15.1 Å². The summed E-state index contributed by atoms with van der Waals surface area (Å²) >= 11 is 6.19. The molecular weight excluding hydrogens is 430 g/mol. The number of hydrogen-bond acceptors (Lipinski definition) is 5. The number of carbonyl (C=O) groups is 1. The van der Waals surface area contributed by atoms with E-state index in [1.54, 1.807) is 19.2 Å². The maximum absolute atomic E-state index is 13.3. The van der Waals surface area contributed by atoms with Gasteiger partial charge < -0.3 is 19.5 Å². The van der Waals surface area contributed by atoms with Gasteiger partial charge in [-0.2, -0.15) is 5.10 Å². The zero-order valence-electron chi connectivity index (χ0n) is 18.3. The van der Waals surface area contributed by atoms with Gasteiger partial charge in [0.25, 0.3) is 5.91 Å². The third-order valence-electron chi connectivity index (χ3n) is 5.63. The van der Waals surface area contributed by atoms with E-state index in [2.05, 4.69) is 17.1 Å². The highest BCUT2D eigenvalue weighted by molar-refractivity contribution is 6.31. The minimum Gasteiger partial charge on any atom is -0.507 e. The summed E-state index contributed by atoms with van der Waals surface area (Å²) in [4.78, 5) is 15.2. The first kappa shape index (κ1) is 22.0. The molecule has 2 aromatic carbocycles. The number of phenols is 1. The van der Waals surface area contributed by atoms with Crippen LogP contribution in [0, 0.1) is 0 Å². The van der Waals surface area contributed by atoms with Gasteiger partial charge in [-0.25, -0.2) is 0 Å². The van der Waals surface area contributed by atoms with Gasteiger partial charge in [-0.15, -0.1) is 0 Å². The summed E-state index contributed by atoms with van der Waals surface area (Å²) in [5, 5.41) is 18.3. The number of aromatic hydroxyl groups is 1. The number of phenolic OH excluding ortho intramolecular Hbond substituents is 1. The zero-order chi connectivity index (χ0) is 22.8. The van der Waals surface area contributed by atoms with Crippen LogP contribution in [-0.2, 0) is 0 Å². The molecule has 0 radical (unpaired) electrons. The molecule has 0 saturated heterocycles. The second kappa shape index (κ2) is 9.12. The molecule has 4 rings (SSSR count). The number of nitrogens with one attached hydrogen (secondary N) is 1. The molecule has 32 heavy (non-hydrogen) atoms. The maximum Gasteiger partial charge on any atom is 0.273 e. The average molecular weight is 456 g/mol. The van der Waals surface area contributed by atoms with E-state index in [9.17, 15) is 9.90 Å². The number of hydrogen-bond donors (Lipinski definition) is 2. The Morgan fingerprint density at radius 1 is 1.19 bits per heavy atom. The molecule has 1 aliphatic heterocycles. The molecule has 8 heteroatoms. The molecule has 1 aliphatic rings. The number of methoxy groups -OCH3 is 1. The van der Waals surface area contributed by atoms with Crippen molar-refractivity contribution in [2.24, 2.45) is 0 Å². The third kappa shape index (κ3) is 3.77. The highest BCUT2D eigenvalue weighted by Gasteiger charge is 2.42. The lowest BCUT2D eigenvalue weighted by atomic mass is 9.95. The van der Waals surface area contributed by atoms with Crippen LogP contribution in [0.5, 0.6) is 17.2 Å². The lowest BCUT2D eigenvalue weighted by Crippen LogP contribution is -2.30. The van der Waals surface area contributed by atoms with Gasteiger partial charge in [0.05, 0.1) is 19.8 Å². The molecule has 0 saturated carbocycles. The van der Waals surface area contributed by atoms with Gasteiger partial charge in [0.2, 0.25) is 0 Å². The van der Waals surface area contributed by atoms with Crippen LogP contribution in [0.15, 0.2) is 36.4 Å². The summed E-state index contributed by atoms with van der Waals surface area (Å²) in [6.45, 7) is 5.12. The monoisotopic (exact) mass is 455 g/mol. The summed E-state index contributed by atoms with van der Waals surface area (Å²) < 4.78 is 11.2. The fourth-order valence-electron chi connectivity index (χ4n) is 4.13. The van der Waals surface area contributed by atoms with Crippen LogP contribution in [0.25, 0.3) is 11.3 Å². The third-order valence-corrected chi connectivity index (χ3v) is 5.87. The number of benzene rings is 2. The van der Waals surface area contributed by atoms with Gasteiger partial charge in [0, 0.05) is 22.7 Å². The summed E-state index contributed by atoms with van der Waals surface area (Å²) in [5.41, 5.74) is 2.99. The van der Waals surface area contributed by atoms with Crippen LogP contribution in [-0.4, -0.2) is 46.4 Å². The maximum atomic E-state index is 13.3. The van der Waals surface area contributed by atoms with Crippen molar-refractivity contribution in [3.8, 4) is 28.5 Å². The Kier molecular flexibility index (Phi) is 6.28. The van der Waals surface area contributed by atoms with Crippen molar-refractivity contribution in [3.63, 3.8) is 0 Å². The quantitative estimate of drug-likeness (QED) is 0.488. The second-order valence-electron chi connectivity index (χ2n) is 7.62. The fourth-order valence-corrected chi connectivity index (χ4v) is 4.31. The molecule has 1 unspecified atom stereocenters. The largest absolute Gasteiger partial charge is 0.507 e. The van der Waals surface area contributed by atoms with E-state index in [1.165, 1.54) is 6.07 Å². The molecule has 0 spiro atoms. The molecule has 0 fully saturated rings. The van der Waals surface area contributed by atoms with Crippen molar-refractivity contribution in [2.75, 3.05) is 20.3 Å². The number of fused-ring (bicyclic) bond motifs is 1. The molecule has 7 nitrogen and oxygen atoms in total. The van der Waals surface area contributed by atoms with Crippen molar-refractivity contribution in [1.29, 1.82) is 0 Å². The molecule has 1 aromatic heterocycles. The Morgan fingerprint density at radius 2 is 2.00 bits per heavy atom. The highest BCUT2D eigenvalue weighted by Crippen LogP contribution is 2.46. The van der Waals surface area contributed by atoms with Crippen LogP contribution < -0.4 is 9.47 Å². The topological polar surface area (TPSA) is 87.7 Å². The predicted octanol–water partition coefficient (Wildman–Crippen LogP) is 5.19. The van der Waals surface area contributed by atoms with Crippen molar-refractivity contribution >= 4 is 17.5 Å². The molecule has 0 bridgehead atoms. The first-order valence-electron chi connectivity index (χ1n) is 10.7. The van der Waals surface area contributed by atoms with Crippen LogP contribution in [0.3, 0.4) is 0 Å². The van der Waals surface area contributed by atoms with E-state index in [-0.39, 0.29) is 17.7 Å². The normalized spacial score (nSPS) is 15.2.